The summed E-state index contributed by atoms with van der Waals surface area (Å²) in [6.07, 6.45) is 1.02. The molecule has 0 radical (unpaired) electrons. The van der Waals surface area contributed by atoms with Crippen molar-refractivity contribution in [3.05, 3.63) is 28.8 Å². The van der Waals surface area contributed by atoms with Crippen LogP contribution in [0.5, 0.6) is 0 Å². The number of methoxy groups -OCH3 is 1. The minimum absolute atomic E-state index is 0.136. The Labute approximate surface area is 126 Å². The molecule has 0 heterocycles. The van der Waals surface area contributed by atoms with E-state index in [2.05, 4.69) is 23.2 Å². The largest absolute Gasteiger partial charge is 0.395 e. The van der Waals surface area contributed by atoms with Crippen molar-refractivity contribution in [2.24, 2.45) is 0 Å². The van der Waals surface area contributed by atoms with Crippen LogP contribution in [0, 0.1) is 0 Å². The van der Waals surface area contributed by atoms with Gasteiger partial charge in [-0.15, -0.1) is 0 Å². The van der Waals surface area contributed by atoms with Gasteiger partial charge in [0.15, 0.2) is 0 Å². The van der Waals surface area contributed by atoms with Crippen LogP contribution in [0.25, 0.3) is 0 Å². The zero-order valence-electron chi connectivity index (χ0n) is 12.4. The number of aliphatic hydroxyl groups excluding tert-OH is 1. The van der Waals surface area contributed by atoms with E-state index in [0.717, 1.165) is 42.3 Å². The summed E-state index contributed by atoms with van der Waals surface area (Å²) in [7, 11) is 1.69. The molecule has 0 fully saturated rings. The van der Waals surface area contributed by atoms with E-state index in [1.54, 1.807) is 7.11 Å². The molecule has 1 aromatic rings. The fourth-order valence-corrected chi connectivity index (χ4v) is 2.39. The van der Waals surface area contributed by atoms with Crippen LogP contribution in [0.2, 0.25) is 5.02 Å². The van der Waals surface area contributed by atoms with Crippen molar-refractivity contribution in [2.75, 3.05) is 44.9 Å². The van der Waals surface area contributed by atoms with Crippen LogP contribution in [-0.4, -0.2) is 45.1 Å². The molecule has 20 heavy (non-hydrogen) atoms. The number of hydrogen-bond acceptors (Lipinski definition) is 4. The molecule has 0 spiro atoms. The fraction of sp³-hybridized carbons (Fsp3) is 0.600. The molecule has 1 aromatic carbocycles. The number of hydrogen-bond donors (Lipinski definition) is 2. The molecule has 0 saturated carbocycles. The molecule has 5 heteroatoms. The standard InChI is InChI=1S/C15H25ClN2O2/c1-3-7-18(8-9-19)15-5-4-13(11-14(15)16)12-17-6-10-20-2/h4-5,11,17,19H,3,6-10,12H2,1-2H3. The second kappa shape index (κ2) is 10.00. The average molecular weight is 301 g/mol. The first-order valence-corrected chi connectivity index (χ1v) is 7.44. The highest BCUT2D eigenvalue weighted by atomic mass is 35.5. The predicted octanol–water partition coefficient (Wildman–Crippen LogP) is 2.28. The van der Waals surface area contributed by atoms with Crippen molar-refractivity contribution in [3.63, 3.8) is 0 Å². The first kappa shape index (κ1) is 17.2. The Kier molecular flexibility index (Phi) is 8.62. The van der Waals surface area contributed by atoms with Crippen molar-refractivity contribution < 1.29 is 9.84 Å². The summed E-state index contributed by atoms with van der Waals surface area (Å²) in [5.41, 5.74) is 2.14. The third-order valence-electron chi connectivity index (χ3n) is 3.03. The van der Waals surface area contributed by atoms with Crippen molar-refractivity contribution in [2.45, 2.75) is 19.9 Å². The summed E-state index contributed by atoms with van der Waals surface area (Å²) >= 11 is 6.36. The number of benzene rings is 1. The highest BCUT2D eigenvalue weighted by Gasteiger charge is 2.09. The van der Waals surface area contributed by atoms with E-state index in [9.17, 15) is 0 Å². The first-order valence-electron chi connectivity index (χ1n) is 7.06. The van der Waals surface area contributed by atoms with Crippen LogP contribution >= 0.6 is 11.6 Å². The van der Waals surface area contributed by atoms with E-state index in [-0.39, 0.29) is 6.61 Å². The Morgan fingerprint density at radius 3 is 2.75 bits per heavy atom. The molecule has 0 aliphatic rings. The summed E-state index contributed by atoms with van der Waals surface area (Å²) in [5.74, 6) is 0. The van der Waals surface area contributed by atoms with E-state index in [1.165, 1.54) is 0 Å². The monoisotopic (exact) mass is 300 g/mol. The van der Waals surface area contributed by atoms with Crippen LogP contribution in [-0.2, 0) is 11.3 Å². The Morgan fingerprint density at radius 2 is 2.15 bits per heavy atom. The lowest BCUT2D eigenvalue weighted by atomic mass is 10.2. The van der Waals surface area contributed by atoms with E-state index >= 15 is 0 Å². The van der Waals surface area contributed by atoms with Crippen molar-refractivity contribution in [3.8, 4) is 0 Å². The summed E-state index contributed by atoms with van der Waals surface area (Å²) < 4.78 is 4.99. The number of anilines is 1. The SMILES string of the molecule is CCCN(CCO)c1ccc(CNCCOC)cc1Cl. The fourth-order valence-electron chi connectivity index (χ4n) is 2.07. The Morgan fingerprint density at radius 1 is 1.35 bits per heavy atom. The van der Waals surface area contributed by atoms with Gasteiger partial charge in [0.1, 0.15) is 0 Å². The molecule has 0 amide bonds. The molecule has 114 valence electrons. The lowest BCUT2D eigenvalue weighted by Crippen LogP contribution is -2.27. The molecule has 1 rings (SSSR count). The second-order valence-electron chi connectivity index (χ2n) is 4.67. The van der Waals surface area contributed by atoms with Crippen molar-refractivity contribution in [1.29, 1.82) is 0 Å². The smallest absolute Gasteiger partial charge is 0.0642 e. The van der Waals surface area contributed by atoms with Gasteiger partial charge in [-0.05, 0) is 24.1 Å². The number of rotatable bonds is 10. The molecule has 0 aromatic heterocycles. The zero-order chi connectivity index (χ0) is 14.8. The third-order valence-corrected chi connectivity index (χ3v) is 3.33. The molecular formula is C15H25ClN2O2. The van der Waals surface area contributed by atoms with Gasteiger partial charge in [0.25, 0.3) is 0 Å². The van der Waals surface area contributed by atoms with Crippen molar-refractivity contribution >= 4 is 17.3 Å². The van der Waals surface area contributed by atoms with Gasteiger partial charge in [-0.25, -0.2) is 0 Å². The molecule has 0 unspecified atom stereocenters. The van der Waals surface area contributed by atoms with E-state index in [0.29, 0.717) is 13.2 Å². The van der Waals surface area contributed by atoms with Crippen molar-refractivity contribution in [1.82, 2.24) is 5.32 Å². The highest BCUT2D eigenvalue weighted by molar-refractivity contribution is 6.33. The second-order valence-corrected chi connectivity index (χ2v) is 5.07. The number of aliphatic hydroxyl groups is 1. The first-order chi connectivity index (χ1) is 9.72. The van der Waals surface area contributed by atoms with E-state index in [4.69, 9.17) is 21.4 Å². The number of nitrogens with one attached hydrogen (secondary N) is 1. The summed E-state index contributed by atoms with van der Waals surface area (Å²) in [6, 6.07) is 6.08. The van der Waals surface area contributed by atoms with Crippen LogP contribution in [0.15, 0.2) is 18.2 Å². The maximum Gasteiger partial charge on any atom is 0.0642 e. The molecule has 4 nitrogen and oxygen atoms in total. The number of nitrogens with zero attached hydrogens (tertiary/aromatic N) is 1. The Balaban J connectivity index is 2.65. The lowest BCUT2D eigenvalue weighted by Gasteiger charge is -2.24. The third kappa shape index (κ3) is 5.67. The van der Waals surface area contributed by atoms with E-state index < -0.39 is 0 Å². The lowest BCUT2D eigenvalue weighted by molar-refractivity contribution is 0.199. The quantitative estimate of drug-likeness (QED) is 0.651. The molecular weight excluding hydrogens is 276 g/mol. The van der Waals surface area contributed by atoms with Gasteiger partial charge < -0.3 is 20.1 Å². The minimum Gasteiger partial charge on any atom is -0.395 e. The van der Waals surface area contributed by atoms with E-state index in [1.807, 2.05) is 12.1 Å². The van der Waals surface area contributed by atoms with Gasteiger partial charge >= 0.3 is 0 Å². The highest BCUT2D eigenvalue weighted by Crippen LogP contribution is 2.27. The molecule has 0 saturated heterocycles. The zero-order valence-corrected chi connectivity index (χ0v) is 13.1. The minimum atomic E-state index is 0.136. The molecule has 0 aliphatic carbocycles. The van der Waals surface area contributed by atoms with Gasteiger partial charge in [-0.2, -0.15) is 0 Å². The van der Waals surface area contributed by atoms with Gasteiger partial charge in [-0.1, -0.05) is 24.6 Å². The predicted molar refractivity (Wildman–Crippen MR) is 84.6 cm³/mol. The average Bonchev–Trinajstić information content (AvgIpc) is 2.44. The molecule has 0 aliphatic heterocycles. The van der Waals surface area contributed by atoms with Crippen LogP contribution in [0.4, 0.5) is 5.69 Å². The summed E-state index contributed by atoms with van der Waals surface area (Å²) in [4.78, 5) is 2.12. The van der Waals surface area contributed by atoms with Gasteiger partial charge in [0.05, 0.1) is 23.9 Å². The summed E-state index contributed by atoms with van der Waals surface area (Å²) in [6.45, 7) is 6.06. The van der Waals surface area contributed by atoms with Gasteiger partial charge in [0, 0.05) is 33.3 Å². The van der Waals surface area contributed by atoms with Crippen LogP contribution in [0.3, 0.4) is 0 Å². The Bertz CT molecular complexity index is 382. The van der Waals surface area contributed by atoms with Crippen LogP contribution < -0.4 is 10.2 Å². The van der Waals surface area contributed by atoms with Gasteiger partial charge in [-0.3, -0.25) is 0 Å². The summed E-state index contributed by atoms with van der Waals surface area (Å²) in [5, 5.41) is 13.2. The van der Waals surface area contributed by atoms with Gasteiger partial charge in [0.2, 0.25) is 0 Å². The number of halogens is 1. The Hall–Kier alpha value is -0.810. The topological polar surface area (TPSA) is 44.7 Å². The maximum atomic E-state index is 9.13. The van der Waals surface area contributed by atoms with Crippen LogP contribution in [0.1, 0.15) is 18.9 Å². The normalized spacial score (nSPS) is 10.8. The maximum absolute atomic E-state index is 9.13. The molecule has 0 bridgehead atoms. The number of ether oxygens (including phenoxy) is 1. The molecule has 2 N–H and O–H groups in total. The molecule has 0 atom stereocenters.